The number of benzene rings is 2. The van der Waals surface area contributed by atoms with Gasteiger partial charge in [-0.15, -0.1) is 5.10 Å². The van der Waals surface area contributed by atoms with E-state index < -0.39 is 24.0 Å². The fourth-order valence-corrected chi connectivity index (χ4v) is 4.58. The molecule has 2 aromatic carbocycles. The molecule has 4 aromatic rings. The van der Waals surface area contributed by atoms with Crippen molar-refractivity contribution in [1.82, 2.24) is 14.6 Å². The Morgan fingerprint density at radius 1 is 1.13 bits per heavy atom. The molecule has 0 fully saturated rings. The lowest BCUT2D eigenvalue weighted by Gasteiger charge is -2.17. The van der Waals surface area contributed by atoms with E-state index in [4.69, 9.17) is 0 Å². The largest absolute Gasteiger partial charge is 0.548 e. The first-order chi connectivity index (χ1) is 14.4. The summed E-state index contributed by atoms with van der Waals surface area (Å²) < 4.78 is 1.36. The third-order valence-electron chi connectivity index (χ3n) is 4.87. The van der Waals surface area contributed by atoms with Gasteiger partial charge in [0.1, 0.15) is 4.53 Å². The first-order valence-electron chi connectivity index (χ1n) is 9.06. The molecule has 1 aliphatic rings. The average molecular weight is 417 g/mol. The van der Waals surface area contributed by atoms with Crippen molar-refractivity contribution in [2.24, 2.45) is 0 Å². The monoisotopic (exact) mass is 417 g/mol. The van der Waals surface area contributed by atoms with Gasteiger partial charge in [-0.1, -0.05) is 53.3 Å². The zero-order valence-electron chi connectivity index (χ0n) is 15.7. The number of aromatic nitrogens is 3. The quantitative estimate of drug-likeness (QED) is 0.469. The summed E-state index contributed by atoms with van der Waals surface area (Å²) in [7, 11) is 0. The lowest BCUT2D eigenvalue weighted by Crippen LogP contribution is -2.40. The Balaban J connectivity index is 1.72. The topological polar surface area (TPSA) is 108 Å². The summed E-state index contributed by atoms with van der Waals surface area (Å²) in [5.74, 6) is -1.51. The Labute approximate surface area is 173 Å². The minimum absolute atomic E-state index is 0.159. The zero-order chi connectivity index (χ0) is 21.0. The van der Waals surface area contributed by atoms with E-state index in [1.54, 1.807) is 24.3 Å². The number of carbonyl (C=O) groups is 2. The van der Waals surface area contributed by atoms with Gasteiger partial charge in [0.15, 0.2) is 5.82 Å². The molecule has 1 amide bonds. The van der Waals surface area contributed by atoms with Gasteiger partial charge in [-0.05, 0) is 19.1 Å². The summed E-state index contributed by atoms with van der Waals surface area (Å²) in [6, 6.07) is 14.4. The molecule has 0 saturated heterocycles. The number of carboxylic acid groups (broad SMARTS) is 1. The van der Waals surface area contributed by atoms with Crippen LogP contribution in [0.15, 0.2) is 53.3 Å². The standard InChI is InChI=1S/C21H14N4O4S/c1-11-5-4-6-12(9-11)18-22-21-25(23-18)20(29)17(30-21)16-13-7-2-3-8-14(13)24(19(16)28)10-15(26)27/h2-9H,10H2,1H3,(H,26,27)/p-1/b17-16-. The number of thiazole rings is 1. The smallest absolute Gasteiger partial charge is 0.291 e. The van der Waals surface area contributed by atoms with Gasteiger partial charge in [0, 0.05) is 11.1 Å². The van der Waals surface area contributed by atoms with Crippen molar-refractivity contribution < 1.29 is 14.7 Å². The van der Waals surface area contributed by atoms with Crippen molar-refractivity contribution >= 4 is 39.4 Å². The Morgan fingerprint density at radius 2 is 1.93 bits per heavy atom. The zero-order valence-corrected chi connectivity index (χ0v) is 16.5. The van der Waals surface area contributed by atoms with Gasteiger partial charge in [-0.3, -0.25) is 9.59 Å². The van der Waals surface area contributed by atoms with Gasteiger partial charge in [-0.2, -0.15) is 9.50 Å². The highest BCUT2D eigenvalue weighted by molar-refractivity contribution is 7.15. The van der Waals surface area contributed by atoms with Crippen LogP contribution in [0.5, 0.6) is 0 Å². The molecule has 0 spiro atoms. The van der Waals surface area contributed by atoms with Crippen LogP contribution in [0.25, 0.3) is 21.9 Å². The summed E-state index contributed by atoms with van der Waals surface area (Å²) >= 11 is 1.06. The van der Waals surface area contributed by atoms with E-state index in [0.717, 1.165) is 27.4 Å². The SMILES string of the molecule is Cc1cccc(-c2nc3s/c(=C4\C(=O)N(CC(=O)[O-])c5ccccc54)c(=O)n3n2)c1. The molecule has 3 heterocycles. The maximum atomic E-state index is 13.1. The molecule has 0 atom stereocenters. The average Bonchev–Trinajstić information content (AvgIpc) is 3.34. The number of para-hydroxylation sites is 1. The Kier molecular flexibility index (Phi) is 4.00. The van der Waals surface area contributed by atoms with E-state index in [9.17, 15) is 19.5 Å². The lowest BCUT2D eigenvalue weighted by molar-refractivity contribution is -0.303. The van der Waals surface area contributed by atoms with Crippen molar-refractivity contribution in [3.05, 3.63) is 74.5 Å². The van der Waals surface area contributed by atoms with Crippen LogP contribution in [-0.2, 0) is 9.59 Å². The van der Waals surface area contributed by atoms with Crippen LogP contribution in [-0.4, -0.2) is 33.0 Å². The number of hydrogen-bond acceptors (Lipinski definition) is 7. The highest BCUT2D eigenvalue weighted by Crippen LogP contribution is 2.34. The second-order valence-electron chi connectivity index (χ2n) is 6.89. The van der Waals surface area contributed by atoms with Crippen LogP contribution < -0.4 is 20.1 Å². The van der Waals surface area contributed by atoms with Crippen molar-refractivity contribution in [3.8, 4) is 11.4 Å². The third-order valence-corrected chi connectivity index (χ3v) is 5.90. The lowest BCUT2D eigenvalue weighted by atomic mass is 10.1. The van der Waals surface area contributed by atoms with Gasteiger partial charge in [0.2, 0.25) is 4.96 Å². The van der Waals surface area contributed by atoms with E-state index >= 15 is 0 Å². The molecule has 0 bridgehead atoms. The number of carbonyl (C=O) groups excluding carboxylic acids is 2. The molecule has 2 aromatic heterocycles. The number of aliphatic carboxylic acids is 1. The second kappa shape index (κ2) is 6.60. The molecule has 148 valence electrons. The molecule has 5 rings (SSSR count). The first kappa shape index (κ1) is 18.2. The molecule has 1 aliphatic heterocycles. The van der Waals surface area contributed by atoms with Crippen LogP contribution in [0.3, 0.4) is 0 Å². The van der Waals surface area contributed by atoms with Crippen LogP contribution in [0, 0.1) is 6.92 Å². The van der Waals surface area contributed by atoms with E-state index in [2.05, 4.69) is 10.1 Å². The summed E-state index contributed by atoms with van der Waals surface area (Å²) in [6.45, 7) is 1.36. The number of nitrogens with zero attached hydrogens (tertiary/aromatic N) is 4. The number of fused-ring (bicyclic) bond motifs is 2. The molecule has 0 unspecified atom stereocenters. The summed E-state index contributed by atoms with van der Waals surface area (Å²) in [6.07, 6.45) is 0. The van der Waals surface area contributed by atoms with E-state index in [1.165, 1.54) is 4.52 Å². The maximum Gasteiger partial charge on any atom is 0.291 e. The molecular formula is C21H13N4O4S-. The predicted molar refractivity (Wildman–Crippen MR) is 109 cm³/mol. The Hall–Kier alpha value is -3.85. The van der Waals surface area contributed by atoms with Crippen LogP contribution in [0.1, 0.15) is 11.1 Å². The second-order valence-corrected chi connectivity index (χ2v) is 7.87. The number of amides is 1. The number of rotatable bonds is 3. The molecule has 9 heteroatoms. The molecule has 8 nitrogen and oxygen atoms in total. The molecule has 0 aliphatic carbocycles. The van der Waals surface area contributed by atoms with Crippen molar-refractivity contribution in [2.75, 3.05) is 11.4 Å². The molecule has 0 saturated carbocycles. The Morgan fingerprint density at radius 3 is 2.67 bits per heavy atom. The first-order valence-corrected chi connectivity index (χ1v) is 9.87. The number of anilines is 1. The molecule has 0 N–H and O–H groups in total. The fraction of sp³-hybridized carbons (Fsp3) is 0.0952. The predicted octanol–water partition coefficient (Wildman–Crippen LogP) is 0.141. The number of carboxylic acids is 1. The Bertz CT molecular complexity index is 1470. The fourth-order valence-electron chi connectivity index (χ4n) is 3.58. The van der Waals surface area contributed by atoms with Gasteiger partial charge in [0.25, 0.3) is 11.5 Å². The van der Waals surface area contributed by atoms with E-state index in [-0.39, 0.29) is 10.1 Å². The highest BCUT2D eigenvalue weighted by Gasteiger charge is 2.34. The van der Waals surface area contributed by atoms with E-state index in [0.29, 0.717) is 22.0 Å². The molecule has 0 radical (unpaired) electrons. The summed E-state index contributed by atoms with van der Waals surface area (Å²) in [5.41, 5.74) is 2.47. The maximum absolute atomic E-state index is 13.1. The normalized spacial score (nSPS) is 15.1. The van der Waals surface area contributed by atoms with Crippen molar-refractivity contribution in [3.63, 3.8) is 0 Å². The van der Waals surface area contributed by atoms with E-state index in [1.807, 2.05) is 31.2 Å². The van der Waals surface area contributed by atoms with Crippen molar-refractivity contribution in [1.29, 1.82) is 0 Å². The minimum Gasteiger partial charge on any atom is -0.548 e. The van der Waals surface area contributed by atoms with Crippen LogP contribution >= 0.6 is 11.3 Å². The van der Waals surface area contributed by atoms with Gasteiger partial charge in [0.05, 0.1) is 23.8 Å². The van der Waals surface area contributed by atoms with Gasteiger partial charge < -0.3 is 14.8 Å². The summed E-state index contributed by atoms with van der Waals surface area (Å²) in [5, 5.41) is 15.4. The highest BCUT2D eigenvalue weighted by atomic mass is 32.1. The van der Waals surface area contributed by atoms with Gasteiger partial charge in [-0.25, -0.2) is 0 Å². The van der Waals surface area contributed by atoms with Crippen LogP contribution in [0.2, 0.25) is 0 Å². The molecular weight excluding hydrogens is 404 g/mol. The number of hydrogen-bond donors (Lipinski definition) is 0. The van der Waals surface area contributed by atoms with Crippen LogP contribution in [0.4, 0.5) is 5.69 Å². The summed E-state index contributed by atoms with van der Waals surface area (Å²) in [4.78, 5) is 43.1. The minimum atomic E-state index is -1.38. The third kappa shape index (κ3) is 2.71. The van der Waals surface area contributed by atoms with Gasteiger partial charge >= 0.3 is 0 Å². The number of aryl methyl sites for hydroxylation is 1. The molecule has 30 heavy (non-hydrogen) atoms. The van der Waals surface area contributed by atoms with Crippen molar-refractivity contribution in [2.45, 2.75) is 6.92 Å².